The molecule has 4 heterocycles. The van der Waals surface area contributed by atoms with Crippen LogP contribution in [-0.2, 0) is 0 Å². The van der Waals surface area contributed by atoms with Crippen LogP contribution >= 0.6 is 0 Å². The van der Waals surface area contributed by atoms with Gasteiger partial charge in [0.05, 0.1) is 12.8 Å². The van der Waals surface area contributed by atoms with Crippen LogP contribution in [0.15, 0.2) is 53.3 Å². The van der Waals surface area contributed by atoms with Gasteiger partial charge in [-0.1, -0.05) is 6.07 Å². The van der Waals surface area contributed by atoms with E-state index in [1.54, 1.807) is 29.5 Å². The molecule has 24 heavy (non-hydrogen) atoms. The summed E-state index contributed by atoms with van der Waals surface area (Å²) < 4.78 is 11.1. The van der Waals surface area contributed by atoms with Gasteiger partial charge in [-0.2, -0.15) is 5.10 Å². The van der Waals surface area contributed by atoms with E-state index in [0.717, 1.165) is 6.42 Å². The largest absolute Gasteiger partial charge is 0.472 e. The highest BCUT2D eigenvalue weighted by atomic mass is 16.5. The SMILES string of the molecule is O=C(c1cc(-c2ccco2)[nH]n1)N1CCC(Oc2ccccn2)C1. The molecule has 1 unspecified atom stereocenters. The number of carbonyl (C=O) groups is 1. The van der Waals surface area contributed by atoms with E-state index >= 15 is 0 Å². The van der Waals surface area contributed by atoms with Gasteiger partial charge in [0.15, 0.2) is 11.5 Å². The number of hydrogen-bond acceptors (Lipinski definition) is 5. The number of likely N-dealkylation sites (tertiary alicyclic amines) is 1. The predicted octanol–water partition coefficient (Wildman–Crippen LogP) is 2.36. The van der Waals surface area contributed by atoms with Crippen molar-refractivity contribution < 1.29 is 13.9 Å². The van der Waals surface area contributed by atoms with Gasteiger partial charge in [0.2, 0.25) is 5.88 Å². The molecule has 4 rings (SSSR count). The molecule has 1 aliphatic rings. The number of ether oxygens (including phenoxy) is 1. The van der Waals surface area contributed by atoms with Gasteiger partial charge >= 0.3 is 0 Å². The number of nitrogens with one attached hydrogen (secondary N) is 1. The third-order valence-electron chi connectivity index (χ3n) is 3.94. The van der Waals surface area contributed by atoms with E-state index < -0.39 is 0 Å². The minimum Gasteiger partial charge on any atom is -0.472 e. The molecule has 0 aliphatic carbocycles. The van der Waals surface area contributed by atoms with Gasteiger partial charge in [0.1, 0.15) is 11.8 Å². The maximum absolute atomic E-state index is 12.6. The molecule has 3 aromatic heterocycles. The molecule has 1 N–H and O–H groups in total. The van der Waals surface area contributed by atoms with E-state index in [-0.39, 0.29) is 12.0 Å². The summed E-state index contributed by atoms with van der Waals surface area (Å²) in [6, 6.07) is 10.8. The zero-order valence-corrected chi connectivity index (χ0v) is 12.9. The standard InChI is InChI=1S/C17H16N4O3/c22-17(14-10-13(19-20-14)15-4-3-9-23-15)21-8-6-12(11-21)24-16-5-1-2-7-18-16/h1-5,7,9-10,12H,6,8,11H2,(H,19,20). The van der Waals surface area contributed by atoms with Gasteiger partial charge in [-0.3, -0.25) is 9.89 Å². The molecular formula is C17H16N4O3. The van der Waals surface area contributed by atoms with Crippen molar-refractivity contribution in [3.63, 3.8) is 0 Å². The third kappa shape index (κ3) is 2.88. The van der Waals surface area contributed by atoms with Crippen molar-refractivity contribution in [1.82, 2.24) is 20.1 Å². The van der Waals surface area contributed by atoms with Crippen molar-refractivity contribution in [3.05, 3.63) is 54.6 Å². The number of amides is 1. The van der Waals surface area contributed by atoms with Gasteiger partial charge in [0.25, 0.3) is 5.91 Å². The molecule has 1 amide bonds. The summed E-state index contributed by atoms with van der Waals surface area (Å²) in [6.45, 7) is 1.16. The second-order valence-corrected chi connectivity index (χ2v) is 5.59. The van der Waals surface area contributed by atoms with E-state index in [9.17, 15) is 4.79 Å². The molecule has 3 aromatic rings. The first-order valence-electron chi connectivity index (χ1n) is 7.76. The Morgan fingerprint density at radius 2 is 2.29 bits per heavy atom. The molecule has 1 aliphatic heterocycles. The van der Waals surface area contributed by atoms with Crippen LogP contribution in [0.5, 0.6) is 5.88 Å². The normalized spacial score (nSPS) is 17.2. The lowest BCUT2D eigenvalue weighted by Gasteiger charge is -2.15. The Balaban J connectivity index is 1.41. The van der Waals surface area contributed by atoms with E-state index in [1.807, 2.05) is 24.3 Å². The first-order chi connectivity index (χ1) is 11.8. The van der Waals surface area contributed by atoms with Crippen LogP contribution in [0.3, 0.4) is 0 Å². The van der Waals surface area contributed by atoms with E-state index in [2.05, 4.69) is 15.2 Å². The van der Waals surface area contributed by atoms with Crippen LogP contribution < -0.4 is 4.74 Å². The molecule has 7 nitrogen and oxygen atoms in total. The van der Waals surface area contributed by atoms with Crippen LogP contribution in [0.2, 0.25) is 0 Å². The number of nitrogens with zero attached hydrogens (tertiary/aromatic N) is 3. The molecule has 122 valence electrons. The number of hydrogen-bond donors (Lipinski definition) is 1. The number of aromatic amines is 1. The monoisotopic (exact) mass is 324 g/mol. The van der Waals surface area contributed by atoms with Crippen molar-refractivity contribution in [2.45, 2.75) is 12.5 Å². The lowest BCUT2D eigenvalue weighted by atomic mass is 10.3. The highest BCUT2D eigenvalue weighted by Gasteiger charge is 2.29. The fourth-order valence-corrected chi connectivity index (χ4v) is 2.75. The van der Waals surface area contributed by atoms with Crippen molar-refractivity contribution in [2.75, 3.05) is 13.1 Å². The van der Waals surface area contributed by atoms with Gasteiger partial charge in [0, 0.05) is 31.3 Å². The summed E-state index contributed by atoms with van der Waals surface area (Å²) in [7, 11) is 0. The lowest BCUT2D eigenvalue weighted by molar-refractivity contribution is 0.0765. The number of pyridine rings is 1. The van der Waals surface area contributed by atoms with Crippen LogP contribution in [0.1, 0.15) is 16.9 Å². The maximum Gasteiger partial charge on any atom is 0.274 e. The van der Waals surface area contributed by atoms with Crippen LogP contribution in [0.25, 0.3) is 11.5 Å². The molecule has 0 radical (unpaired) electrons. The second-order valence-electron chi connectivity index (χ2n) is 5.59. The van der Waals surface area contributed by atoms with Crippen molar-refractivity contribution in [3.8, 4) is 17.3 Å². The number of carbonyl (C=O) groups excluding carboxylic acids is 1. The average Bonchev–Trinajstić information content (AvgIpc) is 3.36. The fraction of sp³-hybridized carbons (Fsp3) is 0.235. The van der Waals surface area contributed by atoms with Gasteiger partial charge < -0.3 is 14.1 Å². The molecule has 7 heteroatoms. The predicted molar refractivity (Wildman–Crippen MR) is 85.5 cm³/mol. The molecule has 0 spiro atoms. The first-order valence-corrected chi connectivity index (χ1v) is 7.76. The average molecular weight is 324 g/mol. The summed E-state index contributed by atoms with van der Waals surface area (Å²) in [4.78, 5) is 18.5. The first kappa shape index (κ1) is 14.5. The third-order valence-corrected chi connectivity index (χ3v) is 3.94. The zero-order valence-electron chi connectivity index (χ0n) is 12.9. The number of H-pyrrole nitrogens is 1. The molecule has 0 bridgehead atoms. The van der Waals surface area contributed by atoms with Gasteiger partial charge in [-0.25, -0.2) is 4.98 Å². The fourth-order valence-electron chi connectivity index (χ4n) is 2.75. The van der Waals surface area contributed by atoms with Gasteiger partial charge in [-0.15, -0.1) is 0 Å². The second kappa shape index (κ2) is 6.19. The Hall–Kier alpha value is -3.09. The quantitative estimate of drug-likeness (QED) is 0.796. The van der Waals surface area contributed by atoms with Crippen LogP contribution in [-0.4, -0.2) is 45.2 Å². The number of aromatic nitrogens is 3. The van der Waals surface area contributed by atoms with E-state index in [1.165, 1.54) is 0 Å². The Bertz CT molecular complexity index is 814. The summed E-state index contributed by atoms with van der Waals surface area (Å²) in [5.74, 6) is 1.12. The lowest BCUT2D eigenvalue weighted by Crippen LogP contribution is -2.31. The zero-order chi connectivity index (χ0) is 16.4. The summed E-state index contributed by atoms with van der Waals surface area (Å²) in [6.07, 6.45) is 4.00. The number of rotatable bonds is 4. The van der Waals surface area contributed by atoms with Gasteiger partial charge in [-0.05, 0) is 18.2 Å². The smallest absolute Gasteiger partial charge is 0.274 e. The number of furan rings is 1. The maximum atomic E-state index is 12.6. The van der Waals surface area contributed by atoms with Crippen molar-refractivity contribution in [2.24, 2.45) is 0 Å². The molecule has 0 saturated carbocycles. The Morgan fingerprint density at radius 1 is 1.33 bits per heavy atom. The summed E-state index contributed by atoms with van der Waals surface area (Å²) in [5, 5.41) is 6.93. The molecule has 0 aromatic carbocycles. The summed E-state index contributed by atoms with van der Waals surface area (Å²) in [5.41, 5.74) is 1.06. The summed E-state index contributed by atoms with van der Waals surface area (Å²) >= 11 is 0. The molecule has 1 saturated heterocycles. The van der Waals surface area contributed by atoms with Crippen LogP contribution in [0.4, 0.5) is 0 Å². The Kier molecular flexibility index (Phi) is 3.74. The van der Waals surface area contributed by atoms with Crippen molar-refractivity contribution >= 4 is 5.91 Å². The van der Waals surface area contributed by atoms with Crippen molar-refractivity contribution in [1.29, 1.82) is 0 Å². The topological polar surface area (TPSA) is 84.2 Å². The molecule has 1 atom stereocenters. The van der Waals surface area contributed by atoms with E-state index in [0.29, 0.717) is 36.1 Å². The molecule has 1 fully saturated rings. The Labute approximate surface area is 138 Å². The molecular weight excluding hydrogens is 308 g/mol. The Morgan fingerprint density at radius 3 is 3.08 bits per heavy atom. The highest BCUT2D eigenvalue weighted by Crippen LogP contribution is 2.21. The minimum absolute atomic E-state index is 0.0488. The minimum atomic E-state index is -0.115. The highest BCUT2D eigenvalue weighted by molar-refractivity contribution is 5.93. The van der Waals surface area contributed by atoms with E-state index in [4.69, 9.17) is 9.15 Å². The van der Waals surface area contributed by atoms with Crippen LogP contribution in [0, 0.1) is 0 Å².